The molecule has 1 aromatic heterocycles. The maximum atomic E-state index is 2.43. The van der Waals surface area contributed by atoms with Crippen molar-refractivity contribution in [2.45, 2.75) is 12.8 Å². The standard InChI is InChI=1S/C52H38N2/c1-3-12-37(13-4-1)39-22-29-44(30-23-39)53(50-21-11-17-42-16-7-8-18-47(42)50)45-31-26-41(27-32-45)43-28-35-52-49(36-43)48-19-9-10-20-51(48)54(52)46-33-24-40(25-34-46)38-14-5-2-6-15-38/h1-7,9-17,19-36H,8,18H2. The summed E-state index contributed by atoms with van der Waals surface area (Å²) in [5, 5.41) is 2.51. The van der Waals surface area contributed by atoms with Gasteiger partial charge in [0, 0.05) is 33.5 Å². The maximum absolute atomic E-state index is 2.43. The van der Waals surface area contributed by atoms with Gasteiger partial charge in [-0.25, -0.2) is 0 Å². The minimum absolute atomic E-state index is 1.03. The normalized spacial score (nSPS) is 12.2. The number of benzene rings is 8. The molecule has 54 heavy (non-hydrogen) atoms. The van der Waals surface area contributed by atoms with Crippen molar-refractivity contribution in [1.29, 1.82) is 0 Å². The molecule has 8 aromatic carbocycles. The summed E-state index contributed by atoms with van der Waals surface area (Å²) in [6, 6.07) is 70.6. The third-order valence-electron chi connectivity index (χ3n) is 10.9. The monoisotopic (exact) mass is 690 g/mol. The molecule has 1 aliphatic carbocycles. The van der Waals surface area contributed by atoms with Gasteiger partial charge in [-0.1, -0.05) is 146 Å². The first kappa shape index (κ1) is 31.8. The van der Waals surface area contributed by atoms with E-state index in [2.05, 4.69) is 216 Å². The van der Waals surface area contributed by atoms with Crippen LogP contribution >= 0.6 is 0 Å². The lowest BCUT2D eigenvalue weighted by Gasteiger charge is -2.29. The van der Waals surface area contributed by atoms with Crippen LogP contribution in [0.2, 0.25) is 0 Å². The van der Waals surface area contributed by atoms with Gasteiger partial charge in [-0.2, -0.15) is 0 Å². The van der Waals surface area contributed by atoms with Crippen LogP contribution in [0.3, 0.4) is 0 Å². The van der Waals surface area contributed by atoms with E-state index in [9.17, 15) is 0 Å². The van der Waals surface area contributed by atoms with Gasteiger partial charge < -0.3 is 9.47 Å². The van der Waals surface area contributed by atoms with Crippen LogP contribution in [-0.4, -0.2) is 4.57 Å². The number of allylic oxidation sites excluding steroid dienone is 1. The lowest BCUT2D eigenvalue weighted by Crippen LogP contribution is -2.13. The highest BCUT2D eigenvalue weighted by atomic mass is 15.1. The predicted octanol–water partition coefficient (Wildman–Crippen LogP) is 14.2. The van der Waals surface area contributed by atoms with Crippen molar-refractivity contribution in [2.75, 3.05) is 4.90 Å². The van der Waals surface area contributed by atoms with Gasteiger partial charge in [0.1, 0.15) is 0 Å². The Hall–Kier alpha value is -6.90. The molecule has 9 aromatic rings. The number of hydrogen-bond donors (Lipinski definition) is 0. The Balaban J connectivity index is 1.03. The topological polar surface area (TPSA) is 8.17 Å². The molecule has 0 aliphatic heterocycles. The molecule has 0 unspecified atom stereocenters. The van der Waals surface area contributed by atoms with Gasteiger partial charge in [0.2, 0.25) is 0 Å². The second-order valence-corrected chi connectivity index (χ2v) is 14.1. The number of para-hydroxylation sites is 1. The molecule has 2 heteroatoms. The molecule has 0 radical (unpaired) electrons. The smallest absolute Gasteiger partial charge is 0.0541 e. The van der Waals surface area contributed by atoms with E-state index in [0.29, 0.717) is 0 Å². The first-order valence-electron chi connectivity index (χ1n) is 18.8. The fraction of sp³-hybridized carbons (Fsp3) is 0.0385. The molecule has 0 saturated heterocycles. The fourth-order valence-corrected chi connectivity index (χ4v) is 8.20. The molecule has 0 amide bonds. The van der Waals surface area contributed by atoms with Gasteiger partial charge in [-0.15, -0.1) is 0 Å². The van der Waals surface area contributed by atoms with Gasteiger partial charge >= 0.3 is 0 Å². The Morgan fingerprint density at radius 3 is 1.61 bits per heavy atom. The van der Waals surface area contributed by atoms with Gasteiger partial charge in [0.15, 0.2) is 0 Å². The molecule has 0 atom stereocenters. The Morgan fingerprint density at radius 2 is 0.944 bits per heavy atom. The fourth-order valence-electron chi connectivity index (χ4n) is 8.20. The summed E-state index contributed by atoms with van der Waals surface area (Å²) in [5.74, 6) is 0. The van der Waals surface area contributed by atoms with E-state index in [1.54, 1.807) is 0 Å². The SMILES string of the molecule is C1=Cc2cccc(N(c3ccc(-c4ccccc4)cc3)c3ccc(-c4ccc5c(c4)c4ccccc4n5-c4ccc(-c5ccccc5)cc4)cc3)c2CC1. The first-order chi connectivity index (χ1) is 26.8. The quantitative estimate of drug-likeness (QED) is 0.162. The molecule has 1 heterocycles. The second-order valence-electron chi connectivity index (χ2n) is 14.1. The number of nitrogens with zero attached hydrogens (tertiary/aromatic N) is 2. The average molecular weight is 691 g/mol. The van der Waals surface area contributed by atoms with E-state index in [1.807, 2.05) is 0 Å². The highest BCUT2D eigenvalue weighted by Crippen LogP contribution is 2.42. The van der Waals surface area contributed by atoms with Crippen molar-refractivity contribution >= 4 is 44.9 Å². The Kier molecular flexibility index (Phi) is 8.00. The van der Waals surface area contributed by atoms with Crippen molar-refractivity contribution in [2.24, 2.45) is 0 Å². The number of rotatable bonds is 7. The minimum atomic E-state index is 1.03. The number of anilines is 3. The summed E-state index contributed by atoms with van der Waals surface area (Å²) in [7, 11) is 0. The summed E-state index contributed by atoms with van der Waals surface area (Å²) < 4.78 is 2.39. The van der Waals surface area contributed by atoms with Crippen LogP contribution < -0.4 is 4.90 Å². The summed E-state index contributed by atoms with van der Waals surface area (Å²) in [5.41, 5.74) is 17.1. The van der Waals surface area contributed by atoms with Crippen LogP contribution in [0.4, 0.5) is 17.1 Å². The molecule has 0 spiro atoms. The zero-order chi connectivity index (χ0) is 35.8. The molecule has 2 nitrogen and oxygen atoms in total. The molecular weight excluding hydrogens is 653 g/mol. The highest BCUT2D eigenvalue weighted by Gasteiger charge is 2.20. The Morgan fingerprint density at radius 1 is 0.407 bits per heavy atom. The van der Waals surface area contributed by atoms with Gasteiger partial charge in [-0.05, 0) is 118 Å². The molecule has 0 bridgehead atoms. The van der Waals surface area contributed by atoms with Crippen molar-refractivity contribution in [3.63, 3.8) is 0 Å². The maximum Gasteiger partial charge on any atom is 0.0541 e. The van der Waals surface area contributed by atoms with Crippen LogP contribution in [0.25, 0.3) is 66.9 Å². The molecule has 10 rings (SSSR count). The number of fused-ring (bicyclic) bond motifs is 4. The third-order valence-corrected chi connectivity index (χ3v) is 10.9. The molecule has 0 saturated carbocycles. The van der Waals surface area contributed by atoms with Crippen LogP contribution in [-0.2, 0) is 6.42 Å². The minimum Gasteiger partial charge on any atom is -0.310 e. The zero-order valence-electron chi connectivity index (χ0n) is 29.9. The van der Waals surface area contributed by atoms with Crippen LogP contribution in [0.5, 0.6) is 0 Å². The van der Waals surface area contributed by atoms with Crippen molar-refractivity contribution in [3.8, 4) is 39.1 Å². The second kappa shape index (κ2) is 13.6. The Bertz CT molecular complexity index is 2770. The van der Waals surface area contributed by atoms with E-state index in [0.717, 1.165) is 29.9 Å². The summed E-state index contributed by atoms with van der Waals surface area (Å²) in [6.45, 7) is 0. The molecule has 256 valence electrons. The van der Waals surface area contributed by atoms with Crippen LogP contribution in [0.1, 0.15) is 17.5 Å². The van der Waals surface area contributed by atoms with E-state index in [1.165, 1.54) is 72.0 Å². The first-order valence-corrected chi connectivity index (χ1v) is 18.8. The Labute approximate surface area is 316 Å². The van der Waals surface area contributed by atoms with Crippen molar-refractivity contribution < 1.29 is 0 Å². The van der Waals surface area contributed by atoms with Crippen LogP contribution in [0, 0.1) is 0 Å². The van der Waals surface area contributed by atoms with E-state index >= 15 is 0 Å². The van der Waals surface area contributed by atoms with E-state index in [-0.39, 0.29) is 0 Å². The van der Waals surface area contributed by atoms with Crippen molar-refractivity contribution in [1.82, 2.24) is 4.57 Å². The van der Waals surface area contributed by atoms with Crippen molar-refractivity contribution in [3.05, 3.63) is 211 Å². The zero-order valence-corrected chi connectivity index (χ0v) is 29.9. The average Bonchev–Trinajstić information content (AvgIpc) is 3.59. The molecule has 0 fully saturated rings. The van der Waals surface area contributed by atoms with Gasteiger partial charge in [0.25, 0.3) is 0 Å². The lowest BCUT2D eigenvalue weighted by atomic mass is 9.94. The van der Waals surface area contributed by atoms with E-state index < -0.39 is 0 Å². The molecular formula is C52H38N2. The predicted molar refractivity (Wildman–Crippen MR) is 229 cm³/mol. The highest BCUT2D eigenvalue weighted by molar-refractivity contribution is 6.10. The largest absolute Gasteiger partial charge is 0.310 e. The summed E-state index contributed by atoms with van der Waals surface area (Å²) >= 11 is 0. The summed E-state index contributed by atoms with van der Waals surface area (Å²) in [4.78, 5) is 2.43. The van der Waals surface area contributed by atoms with E-state index in [4.69, 9.17) is 0 Å². The number of aromatic nitrogens is 1. The van der Waals surface area contributed by atoms with Crippen LogP contribution in [0.15, 0.2) is 200 Å². The number of hydrogen-bond acceptors (Lipinski definition) is 1. The van der Waals surface area contributed by atoms with Gasteiger partial charge in [0.05, 0.1) is 11.0 Å². The molecule has 0 N–H and O–H groups in total. The van der Waals surface area contributed by atoms with Gasteiger partial charge in [-0.3, -0.25) is 0 Å². The molecule has 1 aliphatic rings. The third kappa shape index (κ3) is 5.70. The summed E-state index contributed by atoms with van der Waals surface area (Å²) in [6.07, 6.45) is 6.65. The lowest BCUT2D eigenvalue weighted by molar-refractivity contribution is 0.979.